The molecule has 0 spiro atoms. The Morgan fingerprint density at radius 2 is 1.97 bits per heavy atom. The van der Waals surface area contributed by atoms with E-state index in [2.05, 4.69) is 31.4 Å². The molecule has 3 rings (SSSR count). The first-order valence-corrected chi connectivity index (χ1v) is 10.6. The number of nitrogens with one attached hydrogen (secondary N) is 2. The number of benzene rings is 1. The molecule has 1 aliphatic carbocycles. The average Bonchev–Trinajstić information content (AvgIpc) is 2.99. The van der Waals surface area contributed by atoms with Crippen LogP contribution in [0, 0.1) is 5.41 Å². The summed E-state index contributed by atoms with van der Waals surface area (Å²) >= 11 is 1.40. The van der Waals surface area contributed by atoms with E-state index in [1.165, 1.54) is 11.3 Å². The monoisotopic (exact) mass is 416 g/mol. The second kappa shape index (κ2) is 8.55. The molecule has 0 aliphatic heterocycles. The van der Waals surface area contributed by atoms with Gasteiger partial charge in [-0.25, -0.2) is 4.79 Å². The lowest BCUT2D eigenvalue weighted by atomic mass is 9.72. The molecule has 0 saturated carbocycles. The maximum Gasteiger partial charge on any atom is 0.339 e. The van der Waals surface area contributed by atoms with Crippen LogP contribution < -0.4 is 10.6 Å². The van der Waals surface area contributed by atoms with Crippen molar-refractivity contribution in [2.24, 2.45) is 5.41 Å². The van der Waals surface area contributed by atoms with Crippen molar-refractivity contribution in [2.75, 3.05) is 30.9 Å². The van der Waals surface area contributed by atoms with E-state index < -0.39 is 5.97 Å². The number of carboxylic acids is 1. The normalized spacial score (nSPS) is 17.4. The Morgan fingerprint density at radius 3 is 2.59 bits per heavy atom. The highest BCUT2D eigenvalue weighted by Crippen LogP contribution is 2.49. The highest BCUT2D eigenvalue weighted by Gasteiger charge is 2.36. The van der Waals surface area contributed by atoms with E-state index in [-0.39, 0.29) is 22.8 Å². The van der Waals surface area contributed by atoms with Crippen LogP contribution in [-0.4, -0.2) is 37.2 Å². The Morgan fingerprint density at radius 1 is 1.28 bits per heavy atom. The van der Waals surface area contributed by atoms with Gasteiger partial charge in [-0.05, 0) is 54.0 Å². The maximum absolute atomic E-state index is 12.7. The zero-order valence-corrected chi connectivity index (χ0v) is 18.1. The number of aromatic carboxylic acids is 1. The SMILES string of the molecule is COCCNc1ccc(C(=O)Nc2sc3c(c2C(=O)O)C(C)CC(C)(C)C3)cc1. The van der Waals surface area contributed by atoms with Crippen molar-refractivity contribution in [3.63, 3.8) is 0 Å². The fraction of sp³-hybridized carbons (Fsp3) is 0.455. The van der Waals surface area contributed by atoms with Gasteiger partial charge < -0.3 is 20.5 Å². The van der Waals surface area contributed by atoms with E-state index in [4.69, 9.17) is 4.74 Å². The molecule has 7 heteroatoms. The van der Waals surface area contributed by atoms with Gasteiger partial charge in [-0.2, -0.15) is 0 Å². The Labute approximate surface area is 175 Å². The number of hydrogen-bond donors (Lipinski definition) is 3. The molecule has 6 nitrogen and oxygen atoms in total. The smallest absolute Gasteiger partial charge is 0.339 e. The van der Waals surface area contributed by atoms with Crippen molar-refractivity contribution in [2.45, 2.75) is 39.5 Å². The third-order valence-electron chi connectivity index (χ3n) is 5.24. The summed E-state index contributed by atoms with van der Waals surface area (Å²) in [5.74, 6) is -1.14. The Balaban J connectivity index is 1.81. The van der Waals surface area contributed by atoms with E-state index in [1.54, 1.807) is 19.2 Å². The predicted octanol–water partition coefficient (Wildman–Crippen LogP) is 4.83. The van der Waals surface area contributed by atoms with Gasteiger partial charge in [0.2, 0.25) is 0 Å². The number of thiophene rings is 1. The molecule has 2 aromatic rings. The van der Waals surface area contributed by atoms with E-state index in [9.17, 15) is 14.7 Å². The van der Waals surface area contributed by atoms with Gasteiger partial charge in [0, 0.05) is 29.8 Å². The first-order chi connectivity index (χ1) is 13.7. The van der Waals surface area contributed by atoms with Crippen molar-refractivity contribution in [3.8, 4) is 0 Å². The van der Waals surface area contributed by atoms with Gasteiger partial charge in [0.1, 0.15) is 5.00 Å². The van der Waals surface area contributed by atoms with E-state index in [0.29, 0.717) is 23.7 Å². The molecular formula is C22H28N2O4S. The van der Waals surface area contributed by atoms with Crippen molar-refractivity contribution in [1.29, 1.82) is 0 Å². The van der Waals surface area contributed by atoms with Gasteiger partial charge in [-0.3, -0.25) is 4.79 Å². The number of ether oxygens (including phenoxy) is 1. The standard InChI is InChI=1S/C22H28N2O4S/c1-13-11-22(2,3)12-16-17(13)18(21(26)27)20(29-16)24-19(25)14-5-7-15(8-6-14)23-9-10-28-4/h5-8,13,23H,9-12H2,1-4H3,(H,24,25)(H,26,27). The van der Waals surface area contributed by atoms with Crippen LogP contribution in [-0.2, 0) is 11.2 Å². The summed E-state index contributed by atoms with van der Waals surface area (Å²) in [7, 11) is 1.64. The summed E-state index contributed by atoms with van der Waals surface area (Å²) < 4.78 is 5.00. The molecule has 1 atom stereocenters. The fourth-order valence-electron chi connectivity index (χ4n) is 4.09. The van der Waals surface area contributed by atoms with E-state index in [1.807, 2.05) is 12.1 Å². The molecule has 3 N–H and O–H groups in total. The van der Waals surface area contributed by atoms with Crippen LogP contribution in [0.4, 0.5) is 10.7 Å². The van der Waals surface area contributed by atoms with Crippen molar-refractivity contribution in [3.05, 3.63) is 45.8 Å². The summed E-state index contributed by atoms with van der Waals surface area (Å²) in [5, 5.41) is 16.3. The highest BCUT2D eigenvalue weighted by atomic mass is 32.1. The largest absolute Gasteiger partial charge is 0.478 e. The van der Waals surface area contributed by atoms with Crippen LogP contribution in [0.1, 0.15) is 64.3 Å². The van der Waals surface area contributed by atoms with Gasteiger partial charge in [0.05, 0.1) is 12.2 Å². The molecule has 1 aromatic carbocycles. The molecule has 156 valence electrons. The van der Waals surface area contributed by atoms with Crippen LogP contribution >= 0.6 is 11.3 Å². The van der Waals surface area contributed by atoms with Crippen molar-refractivity contribution < 1.29 is 19.4 Å². The molecule has 29 heavy (non-hydrogen) atoms. The van der Waals surface area contributed by atoms with E-state index >= 15 is 0 Å². The second-order valence-corrected chi connectivity index (χ2v) is 9.45. The molecule has 1 amide bonds. The number of methoxy groups -OCH3 is 1. The number of fused-ring (bicyclic) bond motifs is 1. The molecule has 1 aromatic heterocycles. The average molecular weight is 417 g/mol. The third-order valence-corrected chi connectivity index (χ3v) is 6.36. The zero-order valence-electron chi connectivity index (χ0n) is 17.3. The van der Waals surface area contributed by atoms with E-state index in [0.717, 1.165) is 29.0 Å². The van der Waals surface area contributed by atoms with Crippen molar-refractivity contribution >= 4 is 33.9 Å². The van der Waals surface area contributed by atoms with Crippen LogP contribution in [0.25, 0.3) is 0 Å². The first kappa shape index (κ1) is 21.3. The summed E-state index contributed by atoms with van der Waals surface area (Å²) in [5.41, 5.74) is 2.64. The number of rotatable bonds is 7. The van der Waals surface area contributed by atoms with Crippen LogP contribution in [0.2, 0.25) is 0 Å². The fourth-order valence-corrected chi connectivity index (χ4v) is 5.66. The van der Waals surface area contributed by atoms with Crippen LogP contribution in [0.15, 0.2) is 24.3 Å². The minimum Gasteiger partial charge on any atom is -0.478 e. The summed E-state index contributed by atoms with van der Waals surface area (Å²) in [6.45, 7) is 7.75. The maximum atomic E-state index is 12.7. The quantitative estimate of drug-likeness (QED) is 0.563. The van der Waals surface area contributed by atoms with Gasteiger partial charge >= 0.3 is 5.97 Å². The Bertz CT molecular complexity index is 902. The number of hydrogen-bond acceptors (Lipinski definition) is 5. The number of anilines is 2. The lowest BCUT2D eigenvalue weighted by Crippen LogP contribution is -2.24. The number of carbonyl (C=O) groups is 2. The number of carbonyl (C=O) groups excluding carboxylic acids is 1. The molecule has 1 aliphatic rings. The highest BCUT2D eigenvalue weighted by molar-refractivity contribution is 7.17. The van der Waals surface area contributed by atoms with Gasteiger partial charge in [0.25, 0.3) is 5.91 Å². The minimum atomic E-state index is -0.984. The molecule has 0 saturated heterocycles. The van der Waals surface area contributed by atoms with Gasteiger partial charge in [0.15, 0.2) is 0 Å². The minimum absolute atomic E-state index is 0.125. The summed E-state index contributed by atoms with van der Waals surface area (Å²) in [6, 6.07) is 7.10. The van der Waals surface area contributed by atoms with Gasteiger partial charge in [-0.15, -0.1) is 11.3 Å². The topological polar surface area (TPSA) is 87.7 Å². The second-order valence-electron chi connectivity index (χ2n) is 8.35. The summed E-state index contributed by atoms with van der Waals surface area (Å²) in [6.07, 6.45) is 1.76. The molecule has 1 unspecified atom stereocenters. The molecule has 0 bridgehead atoms. The Kier molecular flexibility index (Phi) is 6.29. The molecular weight excluding hydrogens is 388 g/mol. The molecule has 0 radical (unpaired) electrons. The third kappa shape index (κ3) is 4.79. The zero-order chi connectivity index (χ0) is 21.2. The lowest BCUT2D eigenvalue weighted by molar-refractivity contribution is 0.0695. The number of carboxylic acid groups (broad SMARTS) is 1. The Hall–Kier alpha value is -2.38. The predicted molar refractivity (Wildman–Crippen MR) is 117 cm³/mol. The van der Waals surface area contributed by atoms with Crippen molar-refractivity contribution in [1.82, 2.24) is 0 Å². The van der Waals surface area contributed by atoms with Crippen LogP contribution in [0.3, 0.4) is 0 Å². The first-order valence-electron chi connectivity index (χ1n) is 9.75. The summed E-state index contributed by atoms with van der Waals surface area (Å²) in [4.78, 5) is 25.8. The molecule has 0 fully saturated rings. The molecule has 1 heterocycles. The number of amides is 1. The van der Waals surface area contributed by atoms with Crippen LogP contribution in [0.5, 0.6) is 0 Å². The lowest BCUT2D eigenvalue weighted by Gasteiger charge is -2.33. The van der Waals surface area contributed by atoms with Gasteiger partial charge in [-0.1, -0.05) is 20.8 Å².